The summed E-state index contributed by atoms with van der Waals surface area (Å²) in [6.45, 7) is 11.4. The molecule has 0 spiro atoms. The first-order valence-corrected chi connectivity index (χ1v) is 13.2. The molecule has 0 bridgehead atoms. The Morgan fingerprint density at radius 3 is 2.29 bits per heavy atom. The fraction of sp³-hybridized carbons (Fsp3) is 0.500. The maximum atomic E-state index is 12.8. The fourth-order valence-electron chi connectivity index (χ4n) is 4.26. The molecular formula is C26H35NO6S. The van der Waals surface area contributed by atoms with Gasteiger partial charge in [0.2, 0.25) is 10.0 Å². The predicted octanol–water partition coefficient (Wildman–Crippen LogP) is 5.52. The van der Waals surface area contributed by atoms with Gasteiger partial charge in [-0.1, -0.05) is 29.8 Å². The normalized spacial score (nSPS) is 17.1. The number of hydrogen-bond acceptors (Lipinski definition) is 5. The van der Waals surface area contributed by atoms with Crippen molar-refractivity contribution < 1.29 is 27.8 Å². The molecule has 1 atom stereocenters. The number of ether oxygens (including phenoxy) is 2. The topological polar surface area (TPSA) is 102 Å². The second-order valence-corrected chi connectivity index (χ2v) is 11.7. The lowest BCUT2D eigenvalue weighted by molar-refractivity contribution is -0.160. The molecule has 2 N–H and O–H groups in total. The highest BCUT2D eigenvalue weighted by Crippen LogP contribution is 2.47. The van der Waals surface area contributed by atoms with Crippen molar-refractivity contribution in [2.45, 2.75) is 72.5 Å². The first kappa shape index (κ1) is 26.0. The van der Waals surface area contributed by atoms with Crippen molar-refractivity contribution in [1.29, 1.82) is 0 Å². The third kappa shape index (κ3) is 5.91. The van der Waals surface area contributed by atoms with Crippen molar-refractivity contribution in [3.8, 4) is 16.9 Å². The number of anilines is 1. The lowest BCUT2D eigenvalue weighted by atomic mass is 9.86. The zero-order valence-corrected chi connectivity index (χ0v) is 21.6. The molecule has 186 valence electrons. The summed E-state index contributed by atoms with van der Waals surface area (Å²) in [5.41, 5.74) is 3.69. The lowest BCUT2D eigenvalue weighted by Gasteiger charge is -2.31. The standard InChI is InChI=1S/C26H35NO6S/c1-16-10-12-19(13-11-16)20-18(3)23-22(27-34(30,31)15-9-7-8-14-32-23)17(2)21(20)24(25(28)29)33-26(4,5)6/h10-13,24,27H,7-9,14-15H2,1-6H3,(H,28,29)/t24-/m0/s1. The number of hydrogen-bond donors (Lipinski definition) is 2. The number of sulfonamides is 1. The molecule has 8 heteroatoms. The van der Waals surface area contributed by atoms with Gasteiger partial charge in [0.1, 0.15) is 5.75 Å². The van der Waals surface area contributed by atoms with Gasteiger partial charge in [0.15, 0.2) is 6.10 Å². The van der Waals surface area contributed by atoms with E-state index >= 15 is 0 Å². The highest BCUT2D eigenvalue weighted by Gasteiger charge is 2.35. The van der Waals surface area contributed by atoms with Crippen molar-refractivity contribution in [3.05, 3.63) is 46.5 Å². The van der Waals surface area contributed by atoms with Crippen molar-refractivity contribution >= 4 is 21.7 Å². The van der Waals surface area contributed by atoms with Crippen molar-refractivity contribution in [2.24, 2.45) is 0 Å². The molecule has 1 aliphatic heterocycles. The zero-order chi connectivity index (χ0) is 25.3. The predicted molar refractivity (Wildman–Crippen MR) is 134 cm³/mol. The third-order valence-corrected chi connectivity index (χ3v) is 7.19. The van der Waals surface area contributed by atoms with Gasteiger partial charge in [0, 0.05) is 11.1 Å². The van der Waals surface area contributed by atoms with E-state index in [1.807, 2.05) is 38.1 Å². The molecule has 0 aliphatic carbocycles. The summed E-state index contributed by atoms with van der Waals surface area (Å²) in [4.78, 5) is 12.5. The summed E-state index contributed by atoms with van der Waals surface area (Å²) < 4.78 is 40.5. The Kier molecular flexibility index (Phi) is 7.62. The van der Waals surface area contributed by atoms with Crippen LogP contribution in [-0.2, 0) is 19.6 Å². The molecule has 0 amide bonds. The van der Waals surface area contributed by atoms with Gasteiger partial charge in [-0.25, -0.2) is 13.2 Å². The van der Waals surface area contributed by atoms with Crippen LogP contribution in [0.4, 0.5) is 5.69 Å². The Labute approximate surface area is 202 Å². The van der Waals surface area contributed by atoms with Gasteiger partial charge in [-0.2, -0.15) is 0 Å². The molecule has 7 nitrogen and oxygen atoms in total. The maximum absolute atomic E-state index is 12.8. The second-order valence-electron chi connectivity index (χ2n) is 9.89. The number of carboxylic acid groups (broad SMARTS) is 1. The summed E-state index contributed by atoms with van der Waals surface area (Å²) in [6, 6.07) is 7.80. The van der Waals surface area contributed by atoms with E-state index in [9.17, 15) is 18.3 Å². The number of rotatable bonds is 4. The molecule has 0 saturated carbocycles. The molecule has 0 fully saturated rings. The molecule has 0 saturated heterocycles. The monoisotopic (exact) mass is 489 g/mol. The minimum Gasteiger partial charge on any atom is -0.491 e. The smallest absolute Gasteiger partial charge is 0.337 e. The summed E-state index contributed by atoms with van der Waals surface area (Å²) in [5.74, 6) is -0.711. The lowest BCUT2D eigenvalue weighted by Crippen LogP contribution is -2.29. The van der Waals surface area contributed by atoms with Crippen LogP contribution in [0.25, 0.3) is 11.1 Å². The molecule has 0 radical (unpaired) electrons. The van der Waals surface area contributed by atoms with Crippen LogP contribution in [-0.4, -0.2) is 37.5 Å². The number of benzene rings is 2. The molecule has 1 heterocycles. The van der Waals surface area contributed by atoms with Crippen LogP contribution in [0.5, 0.6) is 5.75 Å². The summed E-state index contributed by atoms with van der Waals surface area (Å²) in [6.07, 6.45) is 0.711. The minimum atomic E-state index is -3.63. The quantitative estimate of drug-likeness (QED) is 0.586. The molecular weight excluding hydrogens is 454 g/mol. The number of carboxylic acids is 1. The number of aryl methyl sites for hydroxylation is 1. The van der Waals surface area contributed by atoms with Crippen LogP contribution in [0.15, 0.2) is 24.3 Å². The van der Waals surface area contributed by atoms with Gasteiger partial charge < -0.3 is 14.6 Å². The van der Waals surface area contributed by atoms with Crippen molar-refractivity contribution in [1.82, 2.24) is 0 Å². The Morgan fingerprint density at radius 2 is 1.71 bits per heavy atom. The van der Waals surface area contributed by atoms with Gasteiger partial charge >= 0.3 is 5.97 Å². The van der Waals surface area contributed by atoms with Crippen LogP contribution < -0.4 is 9.46 Å². The van der Waals surface area contributed by atoms with Crippen LogP contribution in [0.1, 0.15) is 68.4 Å². The fourth-order valence-corrected chi connectivity index (χ4v) is 5.50. The largest absolute Gasteiger partial charge is 0.491 e. The van der Waals surface area contributed by atoms with Crippen LogP contribution in [0.2, 0.25) is 0 Å². The number of aliphatic carboxylic acids is 1. The first-order valence-electron chi connectivity index (χ1n) is 11.6. The number of nitrogens with one attached hydrogen (secondary N) is 1. The number of carbonyl (C=O) groups is 1. The zero-order valence-electron chi connectivity index (χ0n) is 20.8. The van der Waals surface area contributed by atoms with Crippen LogP contribution >= 0.6 is 0 Å². The van der Waals surface area contributed by atoms with Crippen molar-refractivity contribution in [2.75, 3.05) is 17.1 Å². The number of fused-ring (bicyclic) bond motifs is 1. The van der Waals surface area contributed by atoms with Gasteiger partial charge in [0.25, 0.3) is 0 Å². The summed E-state index contributed by atoms with van der Waals surface area (Å²) in [7, 11) is -3.63. The van der Waals surface area contributed by atoms with E-state index in [-0.39, 0.29) is 11.4 Å². The first-order chi connectivity index (χ1) is 15.8. The average Bonchev–Trinajstić information content (AvgIpc) is 2.73. The summed E-state index contributed by atoms with van der Waals surface area (Å²) in [5, 5.41) is 10.2. The van der Waals surface area contributed by atoms with Crippen molar-refractivity contribution in [3.63, 3.8) is 0 Å². The Bertz CT molecular complexity index is 1160. The molecule has 0 unspecified atom stereocenters. The van der Waals surface area contributed by atoms with Gasteiger partial charge in [-0.05, 0) is 77.5 Å². The Hall–Kier alpha value is -2.58. The highest BCUT2D eigenvalue weighted by atomic mass is 32.2. The van der Waals surface area contributed by atoms with E-state index in [2.05, 4.69) is 4.72 Å². The highest BCUT2D eigenvalue weighted by molar-refractivity contribution is 7.92. The van der Waals surface area contributed by atoms with E-state index in [4.69, 9.17) is 9.47 Å². The van der Waals surface area contributed by atoms with E-state index in [0.717, 1.165) is 24.0 Å². The van der Waals surface area contributed by atoms with E-state index in [1.54, 1.807) is 27.7 Å². The SMILES string of the molecule is Cc1ccc(-c2c(C)c3c(c(C)c2[C@H](OC(C)(C)C)C(=O)O)NS(=O)(=O)CCCCCO3)cc1. The molecule has 2 aromatic rings. The van der Waals surface area contributed by atoms with E-state index in [1.165, 1.54) is 0 Å². The van der Waals surface area contributed by atoms with Crippen LogP contribution in [0.3, 0.4) is 0 Å². The third-order valence-electron chi connectivity index (χ3n) is 5.85. The van der Waals surface area contributed by atoms with Gasteiger partial charge in [-0.3, -0.25) is 4.72 Å². The Morgan fingerprint density at radius 1 is 1.06 bits per heavy atom. The molecule has 1 aliphatic rings. The van der Waals surface area contributed by atoms with Gasteiger partial charge in [0.05, 0.1) is 23.6 Å². The second kappa shape index (κ2) is 9.96. The van der Waals surface area contributed by atoms with E-state index < -0.39 is 27.7 Å². The maximum Gasteiger partial charge on any atom is 0.337 e. The Balaban J connectivity index is 2.40. The molecule has 34 heavy (non-hydrogen) atoms. The minimum absolute atomic E-state index is 0.000818. The summed E-state index contributed by atoms with van der Waals surface area (Å²) >= 11 is 0. The average molecular weight is 490 g/mol. The van der Waals surface area contributed by atoms with Gasteiger partial charge in [-0.15, -0.1) is 0 Å². The molecule has 3 rings (SSSR count). The molecule has 0 aromatic heterocycles. The van der Waals surface area contributed by atoms with E-state index in [0.29, 0.717) is 41.0 Å². The van der Waals surface area contributed by atoms with Crippen LogP contribution in [0, 0.1) is 20.8 Å². The molecule has 2 aromatic carbocycles.